The van der Waals surface area contributed by atoms with E-state index in [-0.39, 0.29) is 68.0 Å². The van der Waals surface area contributed by atoms with Crippen molar-refractivity contribution in [1.82, 2.24) is 0 Å². The highest BCUT2D eigenvalue weighted by Gasteiger charge is 2.71. The highest BCUT2D eigenvalue weighted by Crippen LogP contribution is 2.76. The van der Waals surface area contributed by atoms with Gasteiger partial charge in [-0.2, -0.15) is 0 Å². The van der Waals surface area contributed by atoms with Crippen LogP contribution >= 0.6 is 0 Å². The Kier molecular flexibility index (Phi) is 6.34. The zero-order valence-corrected chi connectivity index (χ0v) is 26.3. The molecule has 0 aromatic carbocycles. The highest BCUT2D eigenvalue weighted by molar-refractivity contribution is 7.90. The smallest absolute Gasteiger partial charge is 0.226 e. The summed E-state index contributed by atoms with van der Waals surface area (Å²) in [5, 5.41) is 0. The molecular weight excluding hydrogens is 506 g/mol. The topological polar surface area (TPSA) is 72.6 Å². The summed E-state index contributed by atoms with van der Waals surface area (Å²) in [4.78, 5) is 31.5. The van der Waals surface area contributed by atoms with Crippen LogP contribution in [0.3, 0.4) is 0 Å². The number of fused-ring (bicyclic) bond motifs is 7. The van der Waals surface area contributed by atoms with Gasteiger partial charge in [-0.15, -0.1) is 0 Å². The average molecular weight is 556 g/mol. The molecule has 5 aliphatic rings. The van der Waals surface area contributed by atoms with Crippen molar-refractivity contribution in [3.63, 3.8) is 0 Å². The van der Waals surface area contributed by atoms with E-state index < -0.39 is 15.3 Å². The minimum absolute atomic E-state index is 0.0486. The maximum Gasteiger partial charge on any atom is 0.226 e. The van der Waals surface area contributed by atoms with E-state index in [0.717, 1.165) is 44.9 Å². The molecule has 0 aliphatic heterocycles. The number of sulfone groups is 1. The first-order valence-electron chi connectivity index (χ1n) is 15.1. The van der Waals surface area contributed by atoms with Crippen molar-refractivity contribution in [1.29, 1.82) is 0 Å². The molecule has 1 unspecified atom stereocenters. The first-order chi connectivity index (χ1) is 17.8. The number of allylic oxidation sites excluding steroid dienone is 2. The normalized spacial score (nSPS) is 46.6. The summed E-state index contributed by atoms with van der Waals surface area (Å²) in [6.45, 7) is 23.5. The van der Waals surface area contributed by atoms with E-state index in [2.05, 4.69) is 39.5 Å². The second-order valence-corrected chi connectivity index (χ2v) is 18.7. The molecule has 0 bridgehead atoms. The zero-order valence-electron chi connectivity index (χ0n) is 25.4. The minimum atomic E-state index is -3.09. The fourth-order valence-electron chi connectivity index (χ4n) is 11.2. The van der Waals surface area contributed by atoms with Crippen molar-refractivity contribution in [3.05, 3.63) is 23.2 Å². The second-order valence-electron chi connectivity index (χ2n) is 16.4. The quantitative estimate of drug-likeness (QED) is 0.349. The lowest BCUT2D eigenvalue weighted by molar-refractivity contribution is -0.223. The number of carbonyl (C=O) groups excluding carboxylic acids is 2. The predicted molar refractivity (Wildman–Crippen MR) is 154 cm³/mol. The molecule has 0 aromatic heterocycles. The number of Topliss-reactive ketones (excluding diaryl/α,β-unsaturated/α-hetero) is 2. The van der Waals surface area contributed by atoms with Crippen LogP contribution in [-0.4, -0.2) is 32.0 Å². The molecule has 5 nitrogen and oxygen atoms in total. The molecule has 4 saturated carbocycles. The average Bonchev–Trinajstić information content (AvgIpc) is 2.81. The van der Waals surface area contributed by atoms with Gasteiger partial charge in [-0.05, 0) is 96.2 Å². The van der Waals surface area contributed by atoms with E-state index in [4.69, 9.17) is 6.57 Å². The summed E-state index contributed by atoms with van der Waals surface area (Å²) in [5.74, 6) is 0.842. The zero-order chi connectivity index (χ0) is 29.0. The largest absolute Gasteiger partial charge is 0.307 e. The molecule has 0 aromatic rings. The van der Waals surface area contributed by atoms with Gasteiger partial charge in [-0.25, -0.2) is 13.3 Å². The molecule has 5 aliphatic carbocycles. The Hall–Kier alpha value is -1.48. The van der Waals surface area contributed by atoms with Crippen LogP contribution in [0.2, 0.25) is 0 Å². The fourth-order valence-corrected chi connectivity index (χ4v) is 12.0. The summed E-state index contributed by atoms with van der Waals surface area (Å²) in [5.41, 5.74) is -0.983. The third kappa shape index (κ3) is 3.98. The van der Waals surface area contributed by atoms with Crippen molar-refractivity contribution in [2.45, 2.75) is 106 Å². The van der Waals surface area contributed by atoms with E-state index in [0.29, 0.717) is 18.6 Å². The summed E-state index contributed by atoms with van der Waals surface area (Å²) in [6.07, 6.45) is 11.4. The molecule has 4 fully saturated rings. The van der Waals surface area contributed by atoms with Crippen molar-refractivity contribution in [2.75, 3.05) is 12.0 Å². The Bertz CT molecular complexity index is 1290. The minimum Gasteiger partial charge on any atom is -0.307 e. The second kappa shape index (κ2) is 8.52. The molecule has 8 atom stereocenters. The van der Waals surface area contributed by atoms with Crippen LogP contribution in [-0.2, 0) is 19.4 Å². The monoisotopic (exact) mass is 555 g/mol. The SMILES string of the molecule is [C-]#[N+]C1=C[C@@]2(C)C(CC[C@]3(C)[C@@H]2CC(=O)[C@@H]2[C@@H]4CC(C)(C)CC[C@]4(CCS(C)(=O)=O)CC[C@]23C)C(C)(C)C1=O. The molecule has 5 rings (SSSR count). The molecule has 0 amide bonds. The van der Waals surface area contributed by atoms with Crippen LogP contribution in [0.5, 0.6) is 0 Å². The molecule has 0 spiro atoms. The van der Waals surface area contributed by atoms with Gasteiger partial charge in [0.25, 0.3) is 0 Å². The van der Waals surface area contributed by atoms with Gasteiger partial charge >= 0.3 is 0 Å². The number of nitrogens with zero attached hydrogens (tertiary/aromatic N) is 1. The van der Waals surface area contributed by atoms with E-state index >= 15 is 0 Å². The molecular formula is C33H49NO4S. The standard InChI is InChI=1S/C33H49NO4S/c1-28(2)12-14-33(16-17-39(9,37)38)15-13-32(7)26(21(33)19-28)23(35)18-25-30(5)20-22(34-8)27(36)29(3,4)24(30)10-11-31(25,32)6/h20-21,24-26H,10-19H2,1-7,9H3/t21-,24?,25+,26-,30-,31+,32+,33+/m0/s1. The van der Waals surface area contributed by atoms with Gasteiger partial charge in [0.2, 0.25) is 5.70 Å². The maximum atomic E-state index is 14.6. The highest BCUT2D eigenvalue weighted by atomic mass is 32.2. The van der Waals surface area contributed by atoms with Gasteiger partial charge < -0.3 is 4.79 Å². The number of hydrogen-bond acceptors (Lipinski definition) is 4. The van der Waals surface area contributed by atoms with E-state index in [1.54, 1.807) is 0 Å². The summed E-state index contributed by atoms with van der Waals surface area (Å²) in [7, 11) is -3.09. The van der Waals surface area contributed by atoms with Crippen LogP contribution < -0.4 is 0 Å². The summed E-state index contributed by atoms with van der Waals surface area (Å²) >= 11 is 0. The van der Waals surface area contributed by atoms with Gasteiger partial charge in [-0.1, -0.05) is 54.5 Å². The Morgan fingerprint density at radius 1 is 0.923 bits per heavy atom. The lowest BCUT2D eigenvalue weighted by Crippen LogP contribution is -2.68. The summed E-state index contributed by atoms with van der Waals surface area (Å²) < 4.78 is 24.6. The molecule has 216 valence electrons. The van der Waals surface area contributed by atoms with Gasteiger partial charge in [0.05, 0.1) is 12.3 Å². The molecule has 39 heavy (non-hydrogen) atoms. The van der Waals surface area contributed by atoms with Gasteiger partial charge in [0.1, 0.15) is 15.6 Å². The lowest BCUT2D eigenvalue weighted by atomic mass is 9.31. The Morgan fingerprint density at radius 3 is 2.18 bits per heavy atom. The van der Waals surface area contributed by atoms with Crippen molar-refractivity contribution in [3.8, 4) is 0 Å². The van der Waals surface area contributed by atoms with Crippen LogP contribution in [0.15, 0.2) is 11.8 Å². The van der Waals surface area contributed by atoms with E-state index in [9.17, 15) is 18.0 Å². The Balaban J connectivity index is 1.61. The van der Waals surface area contributed by atoms with Crippen LogP contribution in [0.4, 0.5) is 0 Å². The van der Waals surface area contributed by atoms with E-state index in [1.165, 1.54) is 6.26 Å². The Morgan fingerprint density at radius 2 is 1.56 bits per heavy atom. The number of carbonyl (C=O) groups is 2. The van der Waals surface area contributed by atoms with Crippen LogP contribution in [0.1, 0.15) is 106 Å². The van der Waals surface area contributed by atoms with Gasteiger partial charge in [0.15, 0.2) is 5.78 Å². The van der Waals surface area contributed by atoms with E-state index in [1.807, 2.05) is 19.9 Å². The Labute approximate surface area is 236 Å². The number of rotatable bonds is 3. The lowest BCUT2D eigenvalue weighted by Gasteiger charge is -2.72. The maximum absolute atomic E-state index is 14.6. The van der Waals surface area contributed by atoms with Crippen molar-refractivity contribution < 1.29 is 18.0 Å². The third-order valence-electron chi connectivity index (χ3n) is 13.6. The molecule has 0 N–H and O–H groups in total. The predicted octanol–water partition coefficient (Wildman–Crippen LogP) is 7.07. The summed E-state index contributed by atoms with van der Waals surface area (Å²) in [6, 6.07) is 0. The number of ketones is 2. The number of hydrogen-bond donors (Lipinski definition) is 0. The van der Waals surface area contributed by atoms with Crippen molar-refractivity contribution >= 4 is 21.4 Å². The van der Waals surface area contributed by atoms with Crippen LogP contribution in [0.25, 0.3) is 4.85 Å². The third-order valence-corrected chi connectivity index (χ3v) is 14.5. The molecule has 0 radical (unpaired) electrons. The molecule has 0 saturated heterocycles. The van der Waals surface area contributed by atoms with Gasteiger partial charge in [-0.3, -0.25) is 4.79 Å². The molecule has 6 heteroatoms. The first-order valence-corrected chi connectivity index (χ1v) is 17.2. The van der Waals surface area contributed by atoms with Crippen molar-refractivity contribution in [2.24, 2.45) is 56.2 Å². The first kappa shape index (κ1) is 29.0. The van der Waals surface area contributed by atoms with Crippen LogP contribution in [0, 0.1) is 62.7 Å². The van der Waals surface area contributed by atoms with Gasteiger partial charge in [0, 0.05) is 24.0 Å². The molecule has 0 heterocycles. The fraction of sp³-hybridized carbons (Fsp3) is 0.848.